The van der Waals surface area contributed by atoms with Crippen molar-refractivity contribution in [3.8, 4) is 11.5 Å². The molecule has 0 saturated heterocycles. The van der Waals surface area contributed by atoms with Crippen LogP contribution in [0.4, 0.5) is 0 Å². The average molecular weight is 389 g/mol. The van der Waals surface area contributed by atoms with Crippen molar-refractivity contribution in [1.82, 2.24) is 5.32 Å². The van der Waals surface area contributed by atoms with Crippen LogP contribution in [0.5, 0.6) is 11.5 Å². The van der Waals surface area contributed by atoms with Crippen molar-refractivity contribution in [2.45, 2.75) is 26.8 Å². The molecule has 7 nitrogen and oxygen atoms in total. The van der Waals surface area contributed by atoms with Gasteiger partial charge in [-0.1, -0.05) is 29.8 Å². The largest absolute Gasteiger partial charge is 0.493 e. The first-order valence-corrected chi connectivity index (χ1v) is 8.72. The van der Waals surface area contributed by atoms with Gasteiger partial charge >= 0.3 is 11.9 Å². The molecule has 0 spiro atoms. The zero-order valence-electron chi connectivity index (χ0n) is 16.6. The predicted molar refractivity (Wildman–Crippen MR) is 106 cm³/mol. The summed E-state index contributed by atoms with van der Waals surface area (Å²) < 4.78 is 10.6. The van der Waals surface area contributed by atoms with E-state index >= 15 is 0 Å². The summed E-state index contributed by atoms with van der Waals surface area (Å²) in [5.41, 5.74) is 5.26. The highest BCUT2D eigenvalue weighted by Gasteiger charge is 2.05. The van der Waals surface area contributed by atoms with E-state index in [4.69, 9.17) is 29.3 Å². The van der Waals surface area contributed by atoms with E-state index in [1.165, 1.54) is 22.3 Å². The first kappa shape index (κ1) is 23.0. The fraction of sp³-hybridized carbons (Fsp3) is 0.333. The predicted octanol–water partition coefficient (Wildman–Crippen LogP) is 2.81. The van der Waals surface area contributed by atoms with Gasteiger partial charge in [0, 0.05) is 6.54 Å². The van der Waals surface area contributed by atoms with Crippen molar-refractivity contribution in [2.75, 3.05) is 20.8 Å². The van der Waals surface area contributed by atoms with Gasteiger partial charge in [-0.2, -0.15) is 0 Å². The van der Waals surface area contributed by atoms with Gasteiger partial charge in [-0.25, -0.2) is 9.59 Å². The molecule has 0 aliphatic rings. The third-order valence-corrected chi connectivity index (χ3v) is 4.03. The summed E-state index contributed by atoms with van der Waals surface area (Å²) in [5, 5.41) is 18.3. The Kier molecular flexibility index (Phi) is 9.53. The van der Waals surface area contributed by atoms with E-state index in [0.717, 1.165) is 31.0 Å². The van der Waals surface area contributed by atoms with Gasteiger partial charge in [0.1, 0.15) is 0 Å². The number of nitrogens with one attached hydrogen (secondary N) is 1. The minimum atomic E-state index is -1.82. The second-order valence-corrected chi connectivity index (χ2v) is 6.16. The lowest BCUT2D eigenvalue weighted by molar-refractivity contribution is -0.159. The number of carboxylic acid groups (broad SMARTS) is 2. The molecule has 28 heavy (non-hydrogen) atoms. The Morgan fingerprint density at radius 2 is 1.57 bits per heavy atom. The fourth-order valence-electron chi connectivity index (χ4n) is 2.54. The van der Waals surface area contributed by atoms with Crippen molar-refractivity contribution in [3.05, 3.63) is 58.7 Å². The average Bonchev–Trinajstić information content (AvgIpc) is 2.66. The molecule has 0 unspecified atom stereocenters. The van der Waals surface area contributed by atoms with E-state index < -0.39 is 11.9 Å². The van der Waals surface area contributed by atoms with Crippen molar-refractivity contribution < 1.29 is 29.3 Å². The van der Waals surface area contributed by atoms with Crippen LogP contribution in [0.1, 0.15) is 22.3 Å². The number of ether oxygens (including phenoxy) is 2. The third-order valence-electron chi connectivity index (χ3n) is 4.03. The fourth-order valence-corrected chi connectivity index (χ4v) is 2.54. The number of hydrogen-bond donors (Lipinski definition) is 3. The van der Waals surface area contributed by atoms with Crippen LogP contribution in [0, 0.1) is 13.8 Å². The topological polar surface area (TPSA) is 105 Å². The highest BCUT2D eigenvalue weighted by Crippen LogP contribution is 2.27. The molecule has 0 radical (unpaired) electrons. The van der Waals surface area contributed by atoms with Gasteiger partial charge in [0.15, 0.2) is 11.5 Å². The van der Waals surface area contributed by atoms with Gasteiger partial charge in [-0.3, -0.25) is 0 Å². The Morgan fingerprint density at radius 3 is 2.11 bits per heavy atom. The Morgan fingerprint density at radius 1 is 0.929 bits per heavy atom. The van der Waals surface area contributed by atoms with Gasteiger partial charge in [-0.05, 0) is 55.6 Å². The molecule has 2 aromatic carbocycles. The van der Waals surface area contributed by atoms with E-state index in [0.29, 0.717) is 0 Å². The van der Waals surface area contributed by atoms with E-state index in [2.05, 4.69) is 43.4 Å². The number of carbonyl (C=O) groups is 2. The molecule has 2 rings (SSSR count). The van der Waals surface area contributed by atoms with E-state index in [1.807, 2.05) is 12.1 Å². The molecular formula is C21H27NO6. The summed E-state index contributed by atoms with van der Waals surface area (Å²) in [5.74, 6) is -2.09. The van der Waals surface area contributed by atoms with Crippen molar-refractivity contribution in [2.24, 2.45) is 0 Å². The zero-order chi connectivity index (χ0) is 21.1. The summed E-state index contributed by atoms with van der Waals surface area (Å²) in [7, 11) is 3.32. The van der Waals surface area contributed by atoms with Gasteiger partial charge in [0.25, 0.3) is 0 Å². The van der Waals surface area contributed by atoms with Crippen molar-refractivity contribution in [3.63, 3.8) is 0 Å². The number of benzene rings is 2. The van der Waals surface area contributed by atoms with E-state index in [9.17, 15) is 0 Å². The molecule has 0 aliphatic heterocycles. The third kappa shape index (κ3) is 7.67. The van der Waals surface area contributed by atoms with Crippen LogP contribution in [0.3, 0.4) is 0 Å². The van der Waals surface area contributed by atoms with Gasteiger partial charge in [0.2, 0.25) is 0 Å². The Hall–Kier alpha value is -3.06. The monoisotopic (exact) mass is 389 g/mol. The van der Waals surface area contributed by atoms with Crippen LogP contribution in [0.2, 0.25) is 0 Å². The molecule has 2 aromatic rings. The summed E-state index contributed by atoms with van der Waals surface area (Å²) in [6, 6.07) is 12.7. The minimum absolute atomic E-state index is 0.773. The maximum Gasteiger partial charge on any atom is 0.414 e. The summed E-state index contributed by atoms with van der Waals surface area (Å²) in [4.78, 5) is 18.2. The maximum absolute atomic E-state index is 9.10. The highest BCUT2D eigenvalue weighted by molar-refractivity contribution is 6.27. The second-order valence-electron chi connectivity index (χ2n) is 6.16. The highest BCUT2D eigenvalue weighted by atomic mass is 16.5. The molecule has 7 heteroatoms. The lowest BCUT2D eigenvalue weighted by Crippen LogP contribution is -2.17. The number of aryl methyl sites for hydroxylation is 2. The second kappa shape index (κ2) is 11.6. The molecule has 0 fully saturated rings. The molecule has 0 atom stereocenters. The zero-order valence-corrected chi connectivity index (χ0v) is 16.6. The quantitative estimate of drug-likeness (QED) is 0.494. The Labute approximate surface area is 164 Å². The molecule has 0 saturated carbocycles. The number of hydrogen-bond acceptors (Lipinski definition) is 5. The van der Waals surface area contributed by atoms with Crippen molar-refractivity contribution >= 4 is 11.9 Å². The molecular weight excluding hydrogens is 362 g/mol. The Bertz CT molecular complexity index is 791. The first-order valence-electron chi connectivity index (χ1n) is 8.72. The number of aliphatic carboxylic acids is 2. The molecule has 0 aromatic heterocycles. The number of methoxy groups -OCH3 is 2. The summed E-state index contributed by atoms with van der Waals surface area (Å²) in [6.07, 6.45) is 0.964. The van der Waals surface area contributed by atoms with Crippen LogP contribution < -0.4 is 14.8 Å². The maximum atomic E-state index is 9.10. The van der Waals surface area contributed by atoms with Crippen LogP contribution in [-0.4, -0.2) is 42.9 Å². The molecule has 0 heterocycles. The molecule has 152 valence electrons. The van der Waals surface area contributed by atoms with E-state index in [1.54, 1.807) is 14.2 Å². The Balaban J connectivity index is 0.000000568. The van der Waals surface area contributed by atoms with Gasteiger partial charge < -0.3 is 25.0 Å². The van der Waals surface area contributed by atoms with Crippen molar-refractivity contribution in [1.29, 1.82) is 0 Å². The molecule has 0 amide bonds. The van der Waals surface area contributed by atoms with Crippen LogP contribution in [0.15, 0.2) is 36.4 Å². The SMILES string of the molecule is COc1ccc(CCNCc2ccc(C)cc2C)cc1OC.O=C(O)C(=O)O. The minimum Gasteiger partial charge on any atom is -0.493 e. The normalized spacial score (nSPS) is 9.86. The van der Waals surface area contributed by atoms with Crippen LogP contribution in [-0.2, 0) is 22.6 Å². The summed E-state index contributed by atoms with van der Waals surface area (Å²) >= 11 is 0. The number of rotatable bonds is 7. The van der Waals surface area contributed by atoms with Gasteiger partial charge in [0.05, 0.1) is 14.2 Å². The standard InChI is InChI=1S/C19H25NO2.C2H2O4/c1-14-5-7-17(15(2)11-14)13-20-10-9-16-6-8-18(21-3)19(12-16)22-4;3-1(4)2(5)6/h5-8,11-12,20H,9-10,13H2,1-4H3;(H,3,4)(H,5,6). The van der Waals surface area contributed by atoms with Crippen LogP contribution >= 0.6 is 0 Å². The first-order chi connectivity index (χ1) is 13.3. The lowest BCUT2D eigenvalue weighted by Gasteiger charge is -2.11. The molecule has 0 bridgehead atoms. The molecule has 0 aliphatic carbocycles. The number of carboxylic acids is 2. The van der Waals surface area contributed by atoms with E-state index in [-0.39, 0.29) is 0 Å². The summed E-state index contributed by atoms with van der Waals surface area (Å²) in [6.45, 7) is 6.13. The van der Waals surface area contributed by atoms with Gasteiger partial charge in [-0.15, -0.1) is 0 Å². The lowest BCUT2D eigenvalue weighted by atomic mass is 10.1. The smallest absolute Gasteiger partial charge is 0.414 e. The van der Waals surface area contributed by atoms with Crippen LogP contribution in [0.25, 0.3) is 0 Å². The molecule has 3 N–H and O–H groups in total.